The average molecular weight is 314 g/mol. The molecule has 0 aromatic carbocycles. The highest BCUT2D eigenvalue weighted by Gasteiger charge is 2.21. The van der Waals surface area contributed by atoms with E-state index in [2.05, 4.69) is 16.6 Å². The van der Waals surface area contributed by atoms with Crippen LogP contribution in [-0.2, 0) is 10.0 Å². The first-order chi connectivity index (χ1) is 9.90. The first-order valence-electron chi connectivity index (χ1n) is 7.25. The molecule has 3 N–H and O–H groups in total. The highest BCUT2D eigenvalue weighted by atomic mass is 32.2. The van der Waals surface area contributed by atoms with Crippen molar-refractivity contribution in [2.75, 3.05) is 0 Å². The van der Waals surface area contributed by atoms with Crippen LogP contribution in [0.5, 0.6) is 0 Å². The summed E-state index contributed by atoms with van der Waals surface area (Å²) in [6.07, 6.45) is 5.83. The molecule has 1 aromatic rings. The Morgan fingerprint density at radius 2 is 2.00 bits per heavy atom. The summed E-state index contributed by atoms with van der Waals surface area (Å²) in [5, 5.41) is 17.8. The molecule has 1 aromatic heterocycles. The van der Waals surface area contributed by atoms with Crippen LogP contribution in [-0.4, -0.2) is 36.6 Å². The number of rotatable bonds is 9. The Morgan fingerprint density at radius 3 is 2.48 bits per heavy atom. The number of aromatic nitrogens is 1. The molecule has 118 valence electrons. The quantitative estimate of drug-likeness (QED) is 0.452. The van der Waals surface area contributed by atoms with E-state index in [4.69, 9.17) is 10.0 Å². The third kappa shape index (κ3) is 5.74. The van der Waals surface area contributed by atoms with Gasteiger partial charge in [0.15, 0.2) is 5.03 Å². The summed E-state index contributed by atoms with van der Waals surface area (Å²) in [5.74, 6) is 0. The lowest BCUT2D eigenvalue weighted by atomic mass is 9.82. The summed E-state index contributed by atoms with van der Waals surface area (Å²) in [7, 11) is -5.33. The second-order valence-electron chi connectivity index (χ2n) is 5.03. The minimum atomic E-state index is -3.68. The van der Waals surface area contributed by atoms with Gasteiger partial charge in [-0.05, 0) is 18.9 Å². The second kappa shape index (κ2) is 8.48. The normalized spacial score (nSPS) is 13.1. The highest BCUT2D eigenvalue weighted by molar-refractivity contribution is 7.89. The van der Waals surface area contributed by atoms with E-state index >= 15 is 0 Å². The smallest absolute Gasteiger partial charge is 0.423 e. The number of pyridine rings is 1. The van der Waals surface area contributed by atoms with E-state index in [1.165, 1.54) is 12.1 Å². The molecule has 0 radical (unpaired) electrons. The van der Waals surface area contributed by atoms with Gasteiger partial charge in [0.25, 0.3) is 10.0 Å². The fourth-order valence-electron chi connectivity index (χ4n) is 1.97. The number of hydrogen-bond acceptors (Lipinski definition) is 5. The molecule has 0 aliphatic rings. The third-order valence-corrected chi connectivity index (χ3v) is 4.74. The maximum atomic E-state index is 12.2. The van der Waals surface area contributed by atoms with E-state index in [9.17, 15) is 8.42 Å². The molecule has 8 heteroatoms. The van der Waals surface area contributed by atoms with Gasteiger partial charge in [-0.25, -0.2) is 18.1 Å². The monoisotopic (exact) mass is 314 g/mol. The van der Waals surface area contributed by atoms with Crippen LogP contribution in [0.15, 0.2) is 23.4 Å². The summed E-state index contributed by atoms with van der Waals surface area (Å²) in [6, 6.07) is 2.51. The van der Waals surface area contributed by atoms with E-state index in [0.29, 0.717) is 0 Å². The van der Waals surface area contributed by atoms with Gasteiger partial charge in [-0.2, -0.15) is 0 Å². The Hall–Kier alpha value is -0.955. The molecule has 0 saturated carbocycles. The fraction of sp³-hybridized carbons (Fsp3) is 0.615. The standard InChI is InChI=1S/C13H23BN2O4S/c1-3-5-6-7-12(4-2)16-21(19,20)13-9-8-11(10-15-13)14(17)18/h8-10,12,16-18H,3-7H2,1-2H3. The van der Waals surface area contributed by atoms with Gasteiger partial charge in [0.1, 0.15) is 0 Å². The average Bonchev–Trinajstić information content (AvgIpc) is 2.46. The highest BCUT2D eigenvalue weighted by Crippen LogP contribution is 2.10. The van der Waals surface area contributed by atoms with Crippen molar-refractivity contribution in [3.8, 4) is 0 Å². The van der Waals surface area contributed by atoms with E-state index < -0.39 is 17.1 Å². The zero-order valence-electron chi connectivity index (χ0n) is 12.5. The number of hydrogen-bond donors (Lipinski definition) is 3. The van der Waals surface area contributed by atoms with Crippen LogP contribution in [0.2, 0.25) is 0 Å². The molecule has 0 saturated heterocycles. The maximum absolute atomic E-state index is 12.2. The van der Waals surface area contributed by atoms with Crippen molar-refractivity contribution in [3.05, 3.63) is 18.3 Å². The fourth-order valence-corrected chi connectivity index (χ4v) is 3.25. The van der Waals surface area contributed by atoms with Crippen molar-refractivity contribution >= 4 is 22.6 Å². The molecule has 6 nitrogen and oxygen atoms in total. The third-order valence-electron chi connectivity index (χ3n) is 3.30. The molecule has 0 amide bonds. The Labute approximate surface area is 126 Å². The summed E-state index contributed by atoms with van der Waals surface area (Å²) >= 11 is 0. The Bertz CT molecular complexity index is 519. The first kappa shape index (κ1) is 18.1. The second-order valence-corrected chi connectivity index (χ2v) is 6.69. The van der Waals surface area contributed by atoms with Crippen LogP contribution in [0, 0.1) is 0 Å². The van der Waals surface area contributed by atoms with Gasteiger partial charge in [0.05, 0.1) is 0 Å². The number of unbranched alkanes of at least 4 members (excludes halogenated alkanes) is 2. The van der Waals surface area contributed by atoms with Crippen molar-refractivity contribution in [2.24, 2.45) is 0 Å². The Morgan fingerprint density at radius 1 is 1.29 bits per heavy atom. The van der Waals surface area contributed by atoms with Gasteiger partial charge in [0.2, 0.25) is 0 Å². The van der Waals surface area contributed by atoms with Gasteiger partial charge < -0.3 is 10.0 Å². The van der Waals surface area contributed by atoms with Crippen LogP contribution in [0.25, 0.3) is 0 Å². The van der Waals surface area contributed by atoms with Crippen LogP contribution >= 0.6 is 0 Å². The Balaban J connectivity index is 2.74. The number of sulfonamides is 1. The van der Waals surface area contributed by atoms with Crippen LogP contribution < -0.4 is 10.2 Å². The Kier molecular flexibility index (Phi) is 7.31. The lowest BCUT2D eigenvalue weighted by Gasteiger charge is -2.16. The molecule has 1 atom stereocenters. The van der Waals surface area contributed by atoms with Crippen molar-refractivity contribution in [2.45, 2.75) is 57.0 Å². The molecule has 0 bridgehead atoms. The van der Waals surface area contributed by atoms with Crippen molar-refractivity contribution < 1.29 is 18.5 Å². The predicted octanol–water partition coefficient (Wildman–Crippen LogP) is 0.399. The van der Waals surface area contributed by atoms with E-state index in [0.717, 1.165) is 38.3 Å². The summed E-state index contributed by atoms with van der Waals surface area (Å²) in [5.41, 5.74) is 0.156. The van der Waals surface area contributed by atoms with Crippen molar-refractivity contribution in [1.82, 2.24) is 9.71 Å². The van der Waals surface area contributed by atoms with Crippen LogP contribution in [0.3, 0.4) is 0 Å². The van der Waals surface area contributed by atoms with E-state index in [1.54, 1.807) is 0 Å². The van der Waals surface area contributed by atoms with Crippen molar-refractivity contribution in [3.63, 3.8) is 0 Å². The largest absolute Gasteiger partial charge is 0.490 e. The minimum absolute atomic E-state index is 0.105. The van der Waals surface area contributed by atoms with Gasteiger partial charge in [-0.3, -0.25) is 0 Å². The molecular weight excluding hydrogens is 291 g/mol. The molecule has 1 heterocycles. The lowest BCUT2D eigenvalue weighted by Crippen LogP contribution is -2.36. The lowest BCUT2D eigenvalue weighted by molar-refractivity contribution is 0.425. The molecule has 0 aliphatic carbocycles. The van der Waals surface area contributed by atoms with Crippen LogP contribution in [0.4, 0.5) is 0 Å². The SMILES string of the molecule is CCCCCC(CC)NS(=O)(=O)c1ccc(B(O)O)cn1. The zero-order valence-corrected chi connectivity index (χ0v) is 13.3. The maximum Gasteiger partial charge on any atom is 0.490 e. The van der Waals surface area contributed by atoms with Gasteiger partial charge in [-0.15, -0.1) is 0 Å². The zero-order chi connectivity index (χ0) is 15.9. The minimum Gasteiger partial charge on any atom is -0.423 e. The number of nitrogens with one attached hydrogen (secondary N) is 1. The van der Waals surface area contributed by atoms with Crippen molar-refractivity contribution in [1.29, 1.82) is 0 Å². The topological polar surface area (TPSA) is 99.5 Å². The van der Waals surface area contributed by atoms with E-state index in [1.807, 2.05) is 6.92 Å². The van der Waals surface area contributed by atoms with Gasteiger partial charge >= 0.3 is 7.12 Å². The van der Waals surface area contributed by atoms with Crippen LogP contribution in [0.1, 0.15) is 46.0 Å². The molecule has 1 unspecified atom stereocenters. The van der Waals surface area contributed by atoms with E-state index in [-0.39, 0.29) is 16.5 Å². The summed E-state index contributed by atoms with van der Waals surface area (Å²) in [4.78, 5) is 3.78. The molecular formula is C13H23BN2O4S. The molecule has 21 heavy (non-hydrogen) atoms. The molecule has 0 fully saturated rings. The number of nitrogens with zero attached hydrogens (tertiary/aromatic N) is 1. The van der Waals surface area contributed by atoms with Gasteiger partial charge in [0, 0.05) is 17.7 Å². The van der Waals surface area contributed by atoms with Gasteiger partial charge in [-0.1, -0.05) is 39.2 Å². The molecule has 0 spiro atoms. The molecule has 0 aliphatic heterocycles. The molecule has 1 rings (SSSR count). The predicted molar refractivity (Wildman–Crippen MR) is 82.6 cm³/mol. The summed E-state index contributed by atoms with van der Waals surface area (Å²) in [6.45, 7) is 4.05. The first-order valence-corrected chi connectivity index (χ1v) is 8.73. The summed E-state index contributed by atoms with van der Waals surface area (Å²) < 4.78 is 27.1.